The van der Waals surface area contributed by atoms with Crippen molar-refractivity contribution in [1.29, 1.82) is 5.26 Å². The van der Waals surface area contributed by atoms with Crippen molar-refractivity contribution in [3.05, 3.63) is 60.2 Å². The zero-order valence-corrected chi connectivity index (χ0v) is 12.0. The van der Waals surface area contributed by atoms with E-state index in [0.717, 1.165) is 10.5 Å². The van der Waals surface area contributed by atoms with Crippen LogP contribution in [0.15, 0.2) is 53.7 Å². The lowest BCUT2D eigenvalue weighted by atomic mass is 9.82. The van der Waals surface area contributed by atoms with Gasteiger partial charge < -0.3 is 0 Å². The third-order valence-corrected chi connectivity index (χ3v) is 4.57. The second-order valence-corrected chi connectivity index (χ2v) is 5.58. The minimum atomic E-state index is -0.562. The Hall–Kier alpha value is -1.86. The summed E-state index contributed by atoms with van der Waals surface area (Å²) in [5, 5.41) is 9.60. The summed E-state index contributed by atoms with van der Waals surface area (Å²) >= 11 is 1.56. The molecule has 0 fully saturated rings. The molecule has 2 nitrogen and oxygen atoms in total. The normalized spacial score (nSPS) is 13.4. The maximum absolute atomic E-state index is 12.9. The summed E-state index contributed by atoms with van der Waals surface area (Å²) in [6.45, 7) is 2.00. The van der Waals surface area contributed by atoms with Crippen molar-refractivity contribution in [2.75, 3.05) is 5.75 Å². The van der Waals surface area contributed by atoms with Crippen LogP contribution in [0.4, 0.5) is 4.39 Å². The van der Waals surface area contributed by atoms with E-state index in [9.17, 15) is 9.65 Å². The van der Waals surface area contributed by atoms with Gasteiger partial charge in [-0.15, -0.1) is 11.8 Å². The number of thioether (sulfide) groups is 1. The zero-order valence-electron chi connectivity index (χ0n) is 11.2. The van der Waals surface area contributed by atoms with Gasteiger partial charge in [0.15, 0.2) is 0 Å². The largest absolute Gasteiger partial charge is 0.264 e. The summed E-state index contributed by atoms with van der Waals surface area (Å²) in [6.07, 6.45) is 4.16. The van der Waals surface area contributed by atoms with E-state index >= 15 is 0 Å². The molecule has 1 aromatic carbocycles. The number of rotatable bonds is 5. The van der Waals surface area contributed by atoms with Crippen LogP contribution < -0.4 is 0 Å². The third kappa shape index (κ3) is 3.17. The molecule has 0 spiro atoms. The van der Waals surface area contributed by atoms with Gasteiger partial charge in [-0.05, 0) is 42.3 Å². The van der Waals surface area contributed by atoms with E-state index in [1.54, 1.807) is 36.3 Å². The summed E-state index contributed by atoms with van der Waals surface area (Å²) in [6, 6.07) is 12.6. The fourth-order valence-corrected chi connectivity index (χ4v) is 3.13. The molecule has 0 amide bonds. The molecule has 0 N–H and O–H groups in total. The first kappa shape index (κ1) is 14.5. The summed E-state index contributed by atoms with van der Waals surface area (Å²) in [4.78, 5) is 5.06. The van der Waals surface area contributed by atoms with Crippen LogP contribution in [0.25, 0.3) is 0 Å². The number of halogens is 1. The summed E-state index contributed by atoms with van der Waals surface area (Å²) in [7, 11) is 0. The molecular formula is C16H15FN2S. The molecule has 0 aliphatic heterocycles. The number of nitrogens with zero attached hydrogens (tertiary/aromatic N) is 2. The molecule has 20 heavy (non-hydrogen) atoms. The number of benzene rings is 1. The Kier molecular flexibility index (Phi) is 4.75. The highest BCUT2D eigenvalue weighted by molar-refractivity contribution is 7.99. The van der Waals surface area contributed by atoms with E-state index in [1.165, 1.54) is 12.1 Å². The summed E-state index contributed by atoms with van der Waals surface area (Å²) in [5.74, 6) is 0.376. The molecule has 4 heteroatoms. The second kappa shape index (κ2) is 6.53. The SMILES string of the molecule is CCC(C#N)(CSc1ccc(F)cc1)c1cccnc1. The van der Waals surface area contributed by atoms with E-state index < -0.39 is 5.41 Å². The summed E-state index contributed by atoms with van der Waals surface area (Å²) < 4.78 is 12.9. The minimum Gasteiger partial charge on any atom is -0.264 e. The van der Waals surface area contributed by atoms with Gasteiger partial charge in [-0.25, -0.2) is 4.39 Å². The van der Waals surface area contributed by atoms with Gasteiger partial charge in [0.1, 0.15) is 5.82 Å². The van der Waals surface area contributed by atoms with Gasteiger partial charge in [0.25, 0.3) is 0 Å². The van der Waals surface area contributed by atoms with Crippen molar-refractivity contribution in [3.8, 4) is 6.07 Å². The highest BCUT2D eigenvalue weighted by atomic mass is 32.2. The molecule has 2 rings (SSSR count). The van der Waals surface area contributed by atoms with E-state index in [-0.39, 0.29) is 5.82 Å². The molecular weight excluding hydrogens is 271 g/mol. The smallest absolute Gasteiger partial charge is 0.123 e. The van der Waals surface area contributed by atoms with Gasteiger partial charge >= 0.3 is 0 Å². The lowest BCUT2D eigenvalue weighted by Crippen LogP contribution is -2.26. The summed E-state index contributed by atoms with van der Waals surface area (Å²) in [5.41, 5.74) is 0.368. The van der Waals surface area contributed by atoms with Crippen LogP contribution in [0.1, 0.15) is 18.9 Å². The Morgan fingerprint density at radius 1 is 1.30 bits per heavy atom. The second-order valence-electron chi connectivity index (χ2n) is 4.53. The molecule has 0 radical (unpaired) electrons. The number of aromatic nitrogens is 1. The van der Waals surface area contributed by atoms with Gasteiger partial charge in [-0.1, -0.05) is 13.0 Å². The quantitative estimate of drug-likeness (QED) is 0.773. The van der Waals surface area contributed by atoms with Crippen LogP contribution in [0.5, 0.6) is 0 Å². The van der Waals surface area contributed by atoms with Gasteiger partial charge in [-0.2, -0.15) is 5.26 Å². The van der Waals surface area contributed by atoms with Crippen molar-refractivity contribution >= 4 is 11.8 Å². The maximum Gasteiger partial charge on any atom is 0.123 e. The van der Waals surface area contributed by atoms with E-state index in [1.807, 2.05) is 19.1 Å². The highest BCUT2D eigenvalue weighted by Gasteiger charge is 2.30. The lowest BCUT2D eigenvalue weighted by molar-refractivity contribution is 0.595. The fraction of sp³-hybridized carbons (Fsp3) is 0.250. The maximum atomic E-state index is 12.9. The van der Waals surface area contributed by atoms with E-state index in [0.29, 0.717) is 12.2 Å². The van der Waals surface area contributed by atoms with Crippen molar-refractivity contribution < 1.29 is 4.39 Å². The minimum absolute atomic E-state index is 0.247. The van der Waals surface area contributed by atoms with Crippen LogP contribution in [0, 0.1) is 17.1 Å². The molecule has 0 saturated heterocycles. The number of nitriles is 1. The lowest BCUT2D eigenvalue weighted by Gasteiger charge is -2.24. The molecule has 1 unspecified atom stereocenters. The fourth-order valence-electron chi connectivity index (χ4n) is 1.95. The molecule has 0 saturated carbocycles. The van der Waals surface area contributed by atoms with Gasteiger partial charge in [-0.3, -0.25) is 4.98 Å². The average Bonchev–Trinajstić information content (AvgIpc) is 2.51. The monoisotopic (exact) mass is 286 g/mol. The van der Waals surface area contributed by atoms with Crippen LogP contribution >= 0.6 is 11.8 Å². The Morgan fingerprint density at radius 3 is 2.60 bits per heavy atom. The predicted molar refractivity (Wildman–Crippen MR) is 78.9 cm³/mol. The first-order chi connectivity index (χ1) is 9.70. The van der Waals surface area contributed by atoms with Gasteiger partial charge in [0, 0.05) is 23.0 Å². The van der Waals surface area contributed by atoms with Crippen LogP contribution in [-0.4, -0.2) is 10.7 Å². The first-order valence-electron chi connectivity index (χ1n) is 6.40. The zero-order chi connectivity index (χ0) is 14.4. The third-order valence-electron chi connectivity index (χ3n) is 3.33. The Bertz CT molecular complexity index is 592. The molecule has 102 valence electrons. The molecule has 0 bridgehead atoms. The van der Waals surface area contributed by atoms with E-state index in [2.05, 4.69) is 11.1 Å². The molecule has 0 aliphatic carbocycles. The van der Waals surface area contributed by atoms with Crippen LogP contribution in [0.3, 0.4) is 0 Å². The number of hydrogen-bond acceptors (Lipinski definition) is 3. The number of hydrogen-bond donors (Lipinski definition) is 0. The van der Waals surface area contributed by atoms with Gasteiger partial charge in [0.05, 0.1) is 11.5 Å². The standard InChI is InChI=1S/C16H15FN2S/c1-2-16(11-18,13-4-3-9-19-10-13)12-20-15-7-5-14(17)6-8-15/h3-10H,2,12H2,1H3. The predicted octanol–water partition coefficient (Wildman–Crippen LogP) is 4.18. The topological polar surface area (TPSA) is 36.7 Å². The molecule has 1 aromatic heterocycles. The molecule has 1 atom stereocenters. The van der Waals surface area contributed by atoms with Gasteiger partial charge in [0.2, 0.25) is 0 Å². The molecule has 2 aromatic rings. The van der Waals surface area contributed by atoms with Crippen molar-refractivity contribution in [2.45, 2.75) is 23.7 Å². The molecule has 1 heterocycles. The van der Waals surface area contributed by atoms with Crippen molar-refractivity contribution in [2.24, 2.45) is 0 Å². The highest BCUT2D eigenvalue weighted by Crippen LogP contribution is 2.33. The Morgan fingerprint density at radius 2 is 2.05 bits per heavy atom. The Balaban J connectivity index is 2.18. The average molecular weight is 286 g/mol. The Labute approximate surface area is 122 Å². The van der Waals surface area contributed by atoms with Crippen molar-refractivity contribution in [3.63, 3.8) is 0 Å². The number of pyridine rings is 1. The van der Waals surface area contributed by atoms with Crippen molar-refractivity contribution in [1.82, 2.24) is 4.98 Å². The van der Waals surface area contributed by atoms with E-state index in [4.69, 9.17) is 0 Å². The first-order valence-corrected chi connectivity index (χ1v) is 7.39. The van der Waals surface area contributed by atoms with Crippen LogP contribution in [-0.2, 0) is 5.41 Å². The van der Waals surface area contributed by atoms with Crippen LogP contribution in [0.2, 0.25) is 0 Å². The molecule has 0 aliphatic rings.